The van der Waals surface area contributed by atoms with E-state index in [1.54, 1.807) is 0 Å². The predicted octanol–water partition coefficient (Wildman–Crippen LogP) is 2.84. The molecule has 1 heterocycles. The number of piperidine rings is 1. The Morgan fingerprint density at radius 3 is 2.71 bits per heavy atom. The maximum atomic E-state index is 6.28. The minimum absolute atomic E-state index is 0.715. The third-order valence-electron chi connectivity index (χ3n) is 4.29. The van der Waals surface area contributed by atoms with Crippen LogP contribution in [0.25, 0.3) is 0 Å². The summed E-state index contributed by atoms with van der Waals surface area (Å²) in [5.74, 6) is 1.57. The van der Waals surface area contributed by atoms with Crippen LogP contribution in [0.1, 0.15) is 26.2 Å². The fraction of sp³-hybridized carbons (Fsp3) is 0.647. The van der Waals surface area contributed by atoms with Crippen molar-refractivity contribution < 1.29 is 4.74 Å². The van der Waals surface area contributed by atoms with Gasteiger partial charge < -0.3 is 20.3 Å². The van der Waals surface area contributed by atoms with Crippen molar-refractivity contribution >= 4 is 11.4 Å². The van der Waals surface area contributed by atoms with Gasteiger partial charge in [0.2, 0.25) is 0 Å². The molecule has 0 amide bonds. The van der Waals surface area contributed by atoms with E-state index in [1.165, 1.54) is 25.9 Å². The number of rotatable bonds is 6. The van der Waals surface area contributed by atoms with E-state index in [4.69, 9.17) is 10.5 Å². The van der Waals surface area contributed by atoms with Gasteiger partial charge in [-0.05, 0) is 57.5 Å². The van der Waals surface area contributed by atoms with Crippen molar-refractivity contribution in [2.24, 2.45) is 5.92 Å². The summed E-state index contributed by atoms with van der Waals surface area (Å²) in [5, 5.41) is 0. The van der Waals surface area contributed by atoms with E-state index < -0.39 is 0 Å². The molecule has 1 aliphatic heterocycles. The number of para-hydroxylation sites is 1. The van der Waals surface area contributed by atoms with Crippen molar-refractivity contribution in [2.75, 3.05) is 51.0 Å². The molecule has 0 atom stereocenters. The van der Waals surface area contributed by atoms with Crippen molar-refractivity contribution in [3.8, 4) is 5.75 Å². The summed E-state index contributed by atoms with van der Waals surface area (Å²) in [4.78, 5) is 4.69. The molecule has 4 nitrogen and oxygen atoms in total. The lowest BCUT2D eigenvalue weighted by atomic mass is 9.96. The SMILES string of the molecule is CCCOc1cccc(N(C)CC2CCN(C)CC2)c1N. The second-order valence-electron chi connectivity index (χ2n) is 6.16. The van der Waals surface area contributed by atoms with Gasteiger partial charge in [-0.25, -0.2) is 0 Å². The lowest BCUT2D eigenvalue weighted by molar-refractivity contribution is 0.222. The molecule has 1 aliphatic rings. The quantitative estimate of drug-likeness (QED) is 0.818. The molecular weight excluding hydrogens is 262 g/mol. The number of benzene rings is 1. The second-order valence-corrected chi connectivity index (χ2v) is 6.16. The van der Waals surface area contributed by atoms with Crippen molar-refractivity contribution in [3.63, 3.8) is 0 Å². The summed E-state index contributed by atoms with van der Waals surface area (Å²) in [7, 11) is 4.33. The Bertz CT molecular complexity index is 442. The number of anilines is 2. The summed E-state index contributed by atoms with van der Waals surface area (Å²) < 4.78 is 5.72. The molecule has 0 saturated carbocycles. The molecule has 1 saturated heterocycles. The van der Waals surface area contributed by atoms with Crippen LogP contribution in [-0.2, 0) is 0 Å². The van der Waals surface area contributed by atoms with Gasteiger partial charge in [0.25, 0.3) is 0 Å². The molecule has 1 fully saturated rings. The van der Waals surface area contributed by atoms with Crippen molar-refractivity contribution in [1.29, 1.82) is 0 Å². The van der Waals surface area contributed by atoms with Gasteiger partial charge in [0.15, 0.2) is 0 Å². The first-order valence-corrected chi connectivity index (χ1v) is 8.02. The molecule has 0 spiro atoms. The van der Waals surface area contributed by atoms with E-state index >= 15 is 0 Å². The first-order valence-electron chi connectivity index (χ1n) is 8.02. The zero-order chi connectivity index (χ0) is 15.2. The fourth-order valence-electron chi connectivity index (χ4n) is 2.93. The average Bonchev–Trinajstić information content (AvgIpc) is 2.48. The van der Waals surface area contributed by atoms with Crippen molar-refractivity contribution in [1.82, 2.24) is 4.90 Å². The van der Waals surface area contributed by atoms with Crippen LogP contribution >= 0.6 is 0 Å². The maximum absolute atomic E-state index is 6.28. The zero-order valence-electron chi connectivity index (χ0n) is 13.6. The highest BCUT2D eigenvalue weighted by molar-refractivity contribution is 5.73. The number of hydrogen-bond acceptors (Lipinski definition) is 4. The highest BCUT2D eigenvalue weighted by Crippen LogP contribution is 2.32. The van der Waals surface area contributed by atoms with Gasteiger partial charge in [-0.15, -0.1) is 0 Å². The molecule has 21 heavy (non-hydrogen) atoms. The number of ether oxygens (including phenoxy) is 1. The Morgan fingerprint density at radius 1 is 1.33 bits per heavy atom. The normalized spacial score (nSPS) is 16.9. The van der Waals surface area contributed by atoms with Crippen molar-refractivity contribution in [3.05, 3.63) is 18.2 Å². The average molecular weight is 291 g/mol. The Kier molecular flexibility index (Phi) is 5.74. The Balaban J connectivity index is 1.99. The number of nitrogens with zero attached hydrogens (tertiary/aromatic N) is 2. The smallest absolute Gasteiger partial charge is 0.144 e. The number of likely N-dealkylation sites (tertiary alicyclic amines) is 1. The van der Waals surface area contributed by atoms with Crippen molar-refractivity contribution in [2.45, 2.75) is 26.2 Å². The fourth-order valence-corrected chi connectivity index (χ4v) is 2.93. The molecule has 1 aromatic carbocycles. The minimum atomic E-state index is 0.715. The molecular formula is C17H29N3O. The summed E-state index contributed by atoms with van der Waals surface area (Å²) in [6.45, 7) is 6.29. The van der Waals surface area contributed by atoms with E-state index in [0.717, 1.165) is 36.0 Å². The topological polar surface area (TPSA) is 41.7 Å². The summed E-state index contributed by atoms with van der Waals surface area (Å²) in [5.41, 5.74) is 8.13. The second kappa shape index (κ2) is 7.55. The number of nitrogens with two attached hydrogens (primary N) is 1. The monoisotopic (exact) mass is 291 g/mol. The van der Waals surface area contributed by atoms with Gasteiger partial charge in [-0.3, -0.25) is 0 Å². The van der Waals surface area contributed by atoms with Crippen LogP contribution in [-0.4, -0.2) is 45.2 Å². The molecule has 1 aromatic rings. The van der Waals surface area contributed by atoms with Crippen LogP contribution in [0.4, 0.5) is 11.4 Å². The number of hydrogen-bond donors (Lipinski definition) is 1. The summed E-state index contributed by atoms with van der Waals surface area (Å²) in [6.07, 6.45) is 3.54. The van der Waals surface area contributed by atoms with E-state index in [0.29, 0.717) is 6.61 Å². The molecule has 2 N–H and O–H groups in total. The molecule has 118 valence electrons. The lowest BCUT2D eigenvalue weighted by Gasteiger charge is -2.33. The third kappa shape index (κ3) is 4.27. The molecule has 0 unspecified atom stereocenters. The lowest BCUT2D eigenvalue weighted by Crippen LogP contribution is -2.35. The van der Waals surface area contributed by atoms with Gasteiger partial charge in [0.1, 0.15) is 5.75 Å². The highest BCUT2D eigenvalue weighted by Gasteiger charge is 2.19. The molecule has 0 aliphatic carbocycles. The molecule has 2 rings (SSSR count). The van der Waals surface area contributed by atoms with Gasteiger partial charge in [0.05, 0.1) is 18.0 Å². The van der Waals surface area contributed by atoms with E-state index in [9.17, 15) is 0 Å². The van der Waals surface area contributed by atoms with Crippen LogP contribution < -0.4 is 15.4 Å². The Morgan fingerprint density at radius 2 is 2.05 bits per heavy atom. The maximum Gasteiger partial charge on any atom is 0.144 e. The molecule has 0 bridgehead atoms. The minimum Gasteiger partial charge on any atom is -0.491 e. The van der Waals surface area contributed by atoms with Gasteiger partial charge >= 0.3 is 0 Å². The van der Waals surface area contributed by atoms with Crippen LogP contribution in [0.5, 0.6) is 5.75 Å². The summed E-state index contributed by atoms with van der Waals surface area (Å²) in [6, 6.07) is 6.07. The van der Waals surface area contributed by atoms with Crippen LogP contribution in [0.15, 0.2) is 18.2 Å². The van der Waals surface area contributed by atoms with E-state index in [-0.39, 0.29) is 0 Å². The number of nitrogen functional groups attached to an aromatic ring is 1. The third-order valence-corrected chi connectivity index (χ3v) is 4.29. The molecule has 0 aromatic heterocycles. The first-order chi connectivity index (χ1) is 10.1. The van der Waals surface area contributed by atoms with E-state index in [1.807, 2.05) is 12.1 Å². The van der Waals surface area contributed by atoms with Gasteiger partial charge in [-0.1, -0.05) is 13.0 Å². The van der Waals surface area contributed by atoms with Crippen LogP contribution in [0.2, 0.25) is 0 Å². The van der Waals surface area contributed by atoms with Gasteiger partial charge in [-0.2, -0.15) is 0 Å². The summed E-state index contributed by atoms with van der Waals surface area (Å²) >= 11 is 0. The molecule has 4 heteroatoms. The van der Waals surface area contributed by atoms with Crippen LogP contribution in [0, 0.1) is 5.92 Å². The van der Waals surface area contributed by atoms with Gasteiger partial charge in [0, 0.05) is 13.6 Å². The predicted molar refractivity (Wildman–Crippen MR) is 90.1 cm³/mol. The zero-order valence-corrected chi connectivity index (χ0v) is 13.6. The highest BCUT2D eigenvalue weighted by atomic mass is 16.5. The Hall–Kier alpha value is -1.42. The first kappa shape index (κ1) is 16.0. The standard InChI is InChI=1S/C17H29N3O/c1-4-12-21-16-7-5-6-15(17(16)18)20(3)13-14-8-10-19(2)11-9-14/h5-7,14H,4,8-13,18H2,1-3H3. The van der Waals surface area contributed by atoms with Crippen LogP contribution in [0.3, 0.4) is 0 Å². The largest absolute Gasteiger partial charge is 0.491 e. The molecule has 0 radical (unpaired) electrons. The Labute approximate surface area is 128 Å². The van der Waals surface area contributed by atoms with E-state index in [2.05, 4.69) is 36.9 Å².